The van der Waals surface area contributed by atoms with E-state index < -0.39 is 0 Å². The molecule has 1 heterocycles. The van der Waals surface area contributed by atoms with Crippen molar-refractivity contribution in [1.82, 2.24) is 9.97 Å². The predicted molar refractivity (Wildman–Crippen MR) is 59.0 cm³/mol. The second kappa shape index (κ2) is 4.02. The summed E-state index contributed by atoms with van der Waals surface area (Å²) < 4.78 is 0. The lowest BCUT2D eigenvalue weighted by atomic mass is 9.89. The second-order valence-electron chi connectivity index (χ2n) is 4.10. The van der Waals surface area contributed by atoms with Crippen LogP contribution in [0.2, 0.25) is 0 Å². The van der Waals surface area contributed by atoms with Crippen molar-refractivity contribution in [1.29, 1.82) is 0 Å². The topological polar surface area (TPSA) is 61.3 Å². The summed E-state index contributed by atoms with van der Waals surface area (Å²) in [6.45, 7) is 0. The molecule has 0 spiro atoms. The van der Waals surface area contributed by atoms with E-state index >= 15 is 0 Å². The number of hydrogen-bond acceptors (Lipinski definition) is 5. The molecule has 2 rings (SSSR count). The van der Waals surface area contributed by atoms with E-state index in [4.69, 9.17) is 5.11 Å². The van der Waals surface area contributed by atoms with Crippen LogP contribution in [0, 0.1) is 0 Å². The molecule has 0 aliphatic heterocycles. The molecule has 1 fully saturated rings. The molecular formula is C10H16N4O. The van der Waals surface area contributed by atoms with Crippen molar-refractivity contribution in [2.24, 2.45) is 0 Å². The normalized spacial score (nSPS) is 24.5. The zero-order valence-corrected chi connectivity index (χ0v) is 9.01. The van der Waals surface area contributed by atoms with Gasteiger partial charge in [-0.3, -0.25) is 0 Å². The van der Waals surface area contributed by atoms with Crippen LogP contribution < -0.4 is 10.2 Å². The maximum atomic E-state index is 9.16. The van der Waals surface area contributed by atoms with Gasteiger partial charge in [0, 0.05) is 26.3 Å². The molecule has 0 aromatic carbocycles. The van der Waals surface area contributed by atoms with E-state index in [0.717, 1.165) is 18.7 Å². The van der Waals surface area contributed by atoms with Crippen molar-refractivity contribution in [3.63, 3.8) is 0 Å². The van der Waals surface area contributed by atoms with E-state index in [0.29, 0.717) is 12.0 Å². The fourth-order valence-electron chi connectivity index (χ4n) is 1.56. The summed E-state index contributed by atoms with van der Waals surface area (Å²) in [6.07, 6.45) is 3.21. The molecule has 2 N–H and O–H groups in total. The molecule has 0 bridgehead atoms. The van der Waals surface area contributed by atoms with Crippen molar-refractivity contribution >= 4 is 11.8 Å². The molecule has 1 aliphatic rings. The van der Waals surface area contributed by atoms with Gasteiger partial charge in [0.15, 0.2) is 0 Å². The minimum Gasteiger partial charge on any atom is -0.393 e. The summed E-state index contributed by atoms with van der Waals surface area (Å²) in [6, 6.07) is 2.20. The summed E-state index contributed by atoms with van der Waals surface area (Å²) in [5.74, 6) is 1.52. The average molecular weight is 208 g/mol. The second-order valence-corrected chi connectivity index (χ2v) is 4.10. The summed E-state index contributed by atoms with van der Waals surface area (Å²) in [5, 5.41) is 12.4. The van der Waals surface area contributed by atoms with Crippen molar-refractivity contribution < 1.29 is 5.11 Å². The van der Waals surface area contributed by atoms with E-state index in [9.17, 15) is 0 Å². The summed E-state index contributed by atoms with van der Waals surface area (Å²) in [5.41, 5.74) is 0. The fraction of sp³-hybridized carbons (Fsp3) is 0.600. The van der Waals surface area contributed by atoms with Crippen LogP contribution in [0.15, 0.2) is 12.3 Å². The SMILES string of the molecule is CN(C)c1nccc(NC2CC(O)C2)n1. The van der Waals surface area contributed by atoms with Crippen LogP contribution >= 0.6 is 0 Å². The van der Waals surface area contributed by atoms with Crippen LogP contribution in [-0.4, -0.2) is 41.3 Å². The molecule has 0 radical (unpaired) electrons. The largest absolute Gasteiger partial charge is 0.393 e. The number of rotatable bonds is 3. The highest BCUT2D eigenvalue weighted by Crippen LogP contribution is 2.23. The zero-order valence-electron chi connectivity index (χ0n) is 9.01. The first kappa shape index (κ1) is 10.2. The first-order chi connectivity index (χ1) is 7.15. The Hall–Kier alpha value is -1.36. The van der Waals surface area contributed by atoms with Crippen molar-refractivity contribution in [3.8, 4) is 0 Å². The molecule has 1 saturated carbocycles. The quantitative estimate of drug-likeness (QED) is 0.756. The Bertz CT molecular complexity index is 336. The van der Waals surface area contributed by atoms with Gasteiger partial charge in [0.2, 0.25) is 5.95 Å². The lowest BCUT2D eigenvalue weighted by molar-refractivity contribution is 0.0835. The van der Waals surface area contributed by atoms with Crippen molar-refractivity contribution in [2.75, 3.05) is 24.3 Å². The third kappa shape index (κ3) is 2.36. The van der Waals surface area contributed by atoms with Gasteiger partial charge in [-0.05, 0) is 18.9 Å². The number of nitrogens with one attached hydrogen (secondary N) is 1. The molecule has 1 aromatic rings. The first-order valence-corrected chi connectivity index (χ1v) is 5.10. The molecule has 0 unspecified atom stereocenters. The van der Waals surface area contributed by atoms with Gasteiger partial charge in [0.05, 0.1) is 6.10 Å². The number of aliphatic hydroxyl groups excluding tert-OH is 1. The number of nitrogens with zero attached hydrogens (tertiary/aromatic N) is 3. The van der Waals surface area contributed by atoms with Gasteiger partial charge in [-0.2, -0.15) is 4.98 Å². The minimum absolute atomic E-state index is 0.141. The summed E-state index contributed by atoms with van der Waals surface area (Å²) in [4.78, 5) is 10.3. The van der Waals surface area contributed by atoms with Crippen molar-refractivity contribution in [2.45, 2.75) is 25.0 Å². The Labute approximate surface area is 89.2 Å². The third-order valence-corrected chi connectivity index (χ3v) is 2.51. The predicted octanol–water partition coefficient (Wildman–Crippen LogP) is 0.478. The minimum atomic E-state index is -0.141. The number of aromatic nitrogens is 2. The molecule has 0 atom stereocenters. The number of anilines is 2. The van der Waals surface area contributed by atoms with E-state index in [-0.39, 0.29) is 6.10 Å². The van der Waals surface area contributed by atoms with Crippen molar-refractivity contribution in [3.05, 3.63) is 12.3 Å². The summed E-state index contributed by atoms with van der Waals surface area (Å²) in [7, 11) is 3.82. The molecule has 0 amide bonds. The Morgan fingerprint density at radius 2 is 2.20 bits per heavy atom. The first-order valence-electron chi connectivity index (χ1n) is 5.10. The smallest absolute Gasteiger partial charge is 0.226 e. The summed E-state index contributed by atoms with van der Waals surface area (Å²) >= 11 is 0. The molecule has 0 saturated heterocycles. The van der Waals surface area contributed by atoms with E-state index in [2.05, 4.69) is 15.3 Å². The Kier molecular flexibility index (Phi) is 2.73. The monoisotopic (exact) mass is 208 g/mol. The Balaban J connectivity index is 1.99. The highest BCUT2D eigenvalue weighted by Gasteiger charge is 2.27. The van der Waals surface area contributed by atoms with Gasteiger partial charge in [-0.25, -0.2) is 4.98 Å². The standard InChI is InChI=1S/C10H16N4O/c1-14(2)10-11-4-3-9(13-10)12-7-5-8(15)6-7/h3-4,7-8,15H,5-6H2,1-2H3,(H,11,12,13). The van der Waals surface area contributed by atoms with E-state index in [1.807, 2.05) is 25.1 Å². The molecule has 5 nitrogen and oxygen atoms in total. The molecule has 1 aromatic heterocycles. The maximum absolute atomic E-state index is 9.16. The van der Waals surface area contributed by atoms with Gasteiger partial charge in [-0.1, -0.05) is 0 Å². The fourth-order valence-corrected chi connectivity index (χ4v) is 1.56. The van der Waals surface area contributed by atoms with Gasteiger partial charge in [0.1, 0.15) is 5.82 Å². The lowest BCUT2D eigenvalue weighted by Gasteiger charge is -2.32. The van der Waals surface area contributed by atoms with Gasteiger partial charge < -0.3 is 15.3 Å². The molecule has 5 heteroatoms. The third-order valence-electron chi connectivity index (χ3n) is 2.51. The average Bonchev–Trinajstić information content (AvgIpc) is 2.16. The number of aliphatic hydroxyl groups is 1. The lowest BCUT2D eigenvalue weighted by Crippen LogP contribution is -2.39. The molecule has 82 valence electrons. The highest BCUT2D eigenvalue weighted by molar-refractivity contribution is 5.41. The van der Waals surface area contributed by atoms with Gasteiger partial charge in [-0.15, -0.1) is 0 Å². The van der Waals surface area contributed by atoms with Crippen LogP contribution in [0.5, 0.6) is 0 Å². The maximum Gasteiger partial charge on any atom is 0.226 e. The number of hydrogen-bond donors (Lipinski definition) is 2. The van der Waals surface area contributed by atoms with Gasteiger partial charge in [0.25, 0.3) is 0 Å². The molecule has 15 heavy (non-hydrogen) atoms. The molecular weight excluding hydrogens is 192 g/mol. The van der Waals surface area contributed by atoms with Crippen LogP contribution in [-0.2, 0) is 0 Å². The van der Waals surface area contributed by atoms with Gasteiger partial charge >= 0.3 is 0 Å². The van der Waals surface area contributed by atoms with E-state index in [1.165, 1.54) is 0 Å². The van der Waals surface area contributed by atoms with Crippen LogP contribution in [0.25, 0.3) is 0 Å². The Morgan fingerprint density at radius 3 is 2.80 bits per heavy atom. The molecule has 1 aliphatic carbocycles. The zero-order chi connectivity index (χ0) is 10.8. The van der Waals surface area contributed by atoms with E-state index in [1.54, 1.807) is 6.20 Å². The highest BCUT2D eigenvalue weighted by atomic mass is 16.3. The van der Waals surface area contributed by atoms with Crippen LogP contribution in [0.3, 0.4) is 0 Å². The van der Waals surface area contributed by atoms with Crippen LogP contribution in [0.4, 0.5) is 11.8 Å². The van der Waals surface area contributed by atoms with Crippen LogP contribution in [0.1, 0.15) is 12.8 Å². The Morgan fingerprint density at radius 1 is 1.47 bits per heavy atom.